The quantitative estimate of drug-likeness (QED) is 0.292. The van der Waals surface area contributed by atoms with Gasteiger partial charge < -0.3 is 9.88 Å². The molecule has 4 aliphatic carbocycles. The molecule has 1 aromatic heterocycles. The molecular weight excluding hydrogens is 480 g/mol. The van der Waals surface area contributed by atoms with Gasteiger partial charge in [-0.3, -0.25) is 9.59 Å². The fraction of sp³-hybridized carbons (Fsp3) is 0.467. The van der Waals surface area contributed by atoms with Crippen LogP contribution in [-0.4, -0.2) is 32.2 Å². The molecule has 1 amide bonds. The number of nitrogens with zero attached hydrogens (tertiary/aromatic N) is 3. The maximum Gasteiger partial charge on any atom is 0.226 e. The van der Waals surface area contributed by atoms with E-state index in [4.69, 9.17) is 0 Å². The first kappa shape index (κ1) is 24.4. The van der Waals surface area contributed by atoms with Crippen molar-refractivity contribution in [3.63, 3.8) is 0 Å². The molecule has 192 valence electrons. The Balaban J connectivity index is 1.15. The highest BCUT2D eigenvalue weighted by Crippen LogP contribution is 2.60. The monoisotopic (exact) mass is 514 g/mol. The van der Waals surface area contributed by atoms with Gasteiger partial charge in [-0.2, -0.15) is 0 Å². The van der Waals surface area contributed by atoms with Crippen LogP contribution in [0.1, 0.15) is 60.3 Å². The number of amides is 1. The molecule has 7 heteroatoms. The van der Waals surface area contributed by atoms with Crippen molar-refractivity contribution < 1.29 is 9.59 Å². The number of carbonyl (C=O) groups is 2. The minimum atomic E-state index is -0.177. The van der Waals surface area contributed by atoms with Crippen molar-refractivity contribution in [2.24, 2.45) is 23.2 Å². The Morgan fingerprint density at radius 2 is 1.51 bits per heavy atom. The van der Waals surface area contributed by atoms with Crippen molar-refractivity contribution in [2.45, 2.75) is 63.2 Å². The minimum Gasteiger partial charge on any atom is -0.348 e. The molecule has 4 bridgehead atoms. The lowest BCUT2D eigenvalue weighted by molar-refractivity contribution is -0.146. The number of nitrogens with one attached hydrogen (secondary N) is 1. The van der Waals surface area contributed by atoms with Crippen LogP contribution in [0.5, 0.6) is 0 Å². The Bertz CT molecular complexity index is 1220. The van der Waals surface area contributed by atoms with Gasteiger partial charge in [0.25, 0.3) is 0 Å². The molecule has 7 rings (SSSR count). The Kier molecular flexibility index (Phi) is 6.89. The fourth-order valence-corrected chi connectivity index (χ4v) is 8.12. The Morgan fingerprint density at radius 3 is 2.16 bits per heavy atom. The van der Waals surface area contributed by atoms with Gasteiger partial charge in [0.15, 0.2) is 16.8 Å². The van der Waals surface area contributed by atoms with E-state index in [-0.39, 0.29) is 17.1 Å². The number of hydrogen-bond donors (Lipinski definition) is 1. The predicted molar refractivity (Wildman–Crippen MR) is 144 cm³/mol. The molecule has 4 saturated carbocycles. The third-order valence-electron chi connectivity index (χ3n) is 8.62. The van der Waals surface area contributed by atoms with Crippen LogP contribution in [0.3, 0.4) is 0 Å². The molecule has 37 heavy (non-hydrogen) atoms. The van der Waals surface area contributed by atoms with Crippen LogP contribution in [0.25, 0.3) is 0 Å². The molecule has 0 atom stereocenters. The summed E-state index contributed by atoms with van der Waals surface area (Å²) in [6.07, 6.45) is 7.94. The second-order valence-corrected chi connectivity index (χ2v) is 12.2. The summed E-state index contributed by atoms with van der Waals surface area (Å²) in [6.45, 7) is 1.07. The van der Waals surface area contributed by atoms with E-state index >= 15 is 0 Å². The smallest absolute Gasteiger partial charge is 0.226 e. The zero-order valence-electron chi connectivity index (χ0n) is 21.1. The summed E-state index contributed by atoms with van der Waals surface area (Å²) in [6, 6.07) is 19.7. The highest BCUT2D eigenvalue weighted by molar-refractivity contribution is 7.99. The number of aromatic nitrogens is 3. The predicted octanol–water partition coefficient (Wildman–Crippen LogP) is 5.33. The van der Waals surface area contributed by atoms with Crippen LogP contribution in [-0.2, 0) is 24.3 Å². The average Bonchev–Trinajstić information content (AvgIpc) is 3.31. The second-order valence-electron chi connectivity index (χ2n) is 11.2. The molecule has 1 heterocycles. The molecule has 0 aliphatic heterocycles. The standard InChI is InChI=1S/C30H34N4O2S/c35-26(25-9-5-2-6-10-25)20-37-29-33-32-27(34(29)12-11-21-7-3-1-4-8-21)19-31-28(36)30-16-22-13-23(17-30)15-24(14-22)18-30/h1-10,22-24H,11-20H2,(H,31,36). The summed E-state index contributed by atoms with van der Waals surface area (Å²) >= 11 is 1.41. The Hall–Kier alpha value is -2.93. The van der Waals surface area contributed by atoms with Crippen LogP contribution in [0.2, 0.25) is 0 Å². The normalized spacial score (nSPS) is 25.8. The third-order valence-corrected chi connectivity index (χ3v) is 9.58. The first-order valence-corrected chi connectivity index (χ1v) is 14.5. The second kappa shape index (κ2) is 10.4. The van der Waals surface area contributed by atoms with Crippen molar-refractivity contribution in [1.82, 2.24) is 20.1 Å². The van der Waals surface area contributed by atoms with E-state index in [0.29, 0.717) is 24.4 Å². The van der Waals surface area contributed by atoms with Crippen molar-refractivity contribution in [3.8, 4) is 0 Å². The zero-order chi connectivity index (χ0) is 25.2. The van der Waals surface area contributed by atoms with Crippen LogP contribution in [0.4, 0.5) is 0 Å². The van der Waals surface area contributed by atoms with Crippen molar-refractivity contribution in [2.75, 3.05) is 5.75 Å². The molecule has 2 aromatic carbocycles. The van der Waals surface area contributed by atoms with Gasteiger partial charge in [0.1, 0.15) is 0 Å². The molecule has 0 radical (unpaired) electrons. The van der Waals surface area contributed by atoms with Gasteiger partial charge >= 0.3 is 0 Å². The first-order valence-electron chi connectivity index (χ1n) is 13.5. The van der Waals surface area contributed by atoms with E-state index in [2.05, 4.69) is 32.2 Å². The molecule has 3 aromatic rings. The van der Waals surface area contributed by atoms with Crippen LogP contribution >= 0.6 is 11.8 Å². The molecule has 0 saturated heterocycles. The van der Waals surface area contributed by atoms with E-state index in [1.54, 1.807) is 0 Å². The van der Waals surface area contributed by atoms with Crippen molar-refractivity contribution >= 4 is 23.5 Å². The molecule has 4 fully saturated rings. The molecule has 0 unspecified atom stereocenters. The summed E-state index contributed by atoms with van der Waals surface area (Å²) in [5, 5.41) is 12.9. The summed E-state index contributed by atoms with van der Waals surface area (Å²) in [4.78, 5) is 26.2. The zero-order valence-corrected chi connectivity index (χ0v) is 22.0. The first-order chi connectivity index (χ1) is 18.1. The summed E-state index contributed by atoms with van der Waals surface area (Å²) in [7, 11) is 0. The number of rotatable bonds is 10. The fourth-order valence-electron chi connectivity index (χ4n) is 7.24. The van der Waals surface area contributed by atoms with Gasteiger partial charge in [-0.15, -0.1) is 10.2 Å². The Morgan fingerprint density at radius 1 is 0.892 bits per heavy atom. The number of thioether (sulfide) groups is 1. The number of carbonyl (C=O) groups excluding carboxylic acids is 2. The lowest BCUT2D eigenvalue weighted by Crippen LogP contribution is -2.53. The van der Waals surface area contributed by atoms with E-state index < -0.39 is 0 Å². The maximum atomic E-state index is 13.5. The molecule has 0 spiro atoms. The number of benzene rings is 2. The average molecular weight is 515 g/mol. The lowest BCUT2D eigenvalue weighted by atomic mass is 9.49. The van der Waals surface area contributed by atoms with Crippen LogP contribution < -0.4 is 5.32 Å². The van der Waals surface area contributed by atoms with Gasteiger partial charge in [-0.05, 0) is 68.3 Å². The number of aryl methyl sites for hydroxylation is 1. The van der Waals surface area contributed by atoms with Crippen molar-refractivity contribution in [1.29, 1.82) is 0 Å². The third kappa shape index (κ3) is 5.24. The minimum absolute atomic E-state index is 0.0693. The highest BCUT2D eigenvalue weighted by Gasteiger charge is 2.54. The van der Waals surface area contributed by atoms with Gasteiger partial charge in [0, 0.05) is 17.5 Å². The van der Waals surface area contributed by atoms with E-state index in [1.807, 2.05) is 48.5 Å². The summed E-state index contributed by atoms with van der Waals surface area (Å²) < 4.78 is 2.08. The van der Waals surface area contributed by atoms with Gasteiger partial charge in [0.05, 0.1) is 12.3 Å². The van der Waals surface area contributed by atoms with E-state index in [1.165, 1.54) is 36.6 Å². The largest absolute Gasteiger partial charge is 0.348 e. The summed E-state index contributed by atoms with van der Waals surface area (Å²) in [5.74, 6) is 3.53. The topological polar surface area (TPSA) is 76.9 Å². The lowest BCUT2D eigenvalue weighted by Gasteiger charge is -2.55. The maximum absolute atomic E-state index is 13.5. The van der Waals surface area contributed by atoms with Crippen LogP contribution in [0, 0.1) is 23.2 Å². The van der Waals surface area contributed by atoms with Gasteiger partial charge in [-0.25, -0.2) is 0 Å². The molecule has 1 N–H and O–H groups in total. The van der Waals surface area contributed by atoms with Gasteiger partial charge in [-0.1, -0.05) is 72.4 Å². The number of Topliss-reactive ketones (excluding diaryl/α,β-unsaturated/α-hetero) is 1. The molecule has 6 nitrogen and oxygen atoms in total. The SMILES string of the molecule is O=C(CSc1nnc(CNC(=O)C23CC4CC(CC(C4)C2)C3)n1CCc1ccccc1)c1ccccc1. The Labute approximate surface area is 222 Å². The number of hydrogen-bond acceptors (Lipinski definition) is 5. The van der Waals surface area contributed by atoms with Crippen molar-refractivity contribution in [3.05, 3.63) is 77.6 Å². The highest BCUT2D eigenvalue weighted by atomic mass is 32.2. The van der Waals surface area contributed by atoms with Gasteiger partial charge in [0.2, 0.25) is 5.91 Å². The van der Waals surface area contributed by atoms with E-state index in [0.717, 1.165) is 54.4 Å². The summed E-state index contributed by atoms with van der Waals surface area (Å²) in [5.41, 5.74) is 1.76. The number of ketones is 1. The molecular formula is C30H34N4O2S. The molecule has 4 aliphatic rings. The van der Waals surface area contributed by atoms with E-state index in [9.17, 15) is 9.59 Å². The van der Waals surface area contributed by atoms with Crippen LogP contribution in [0.15, 0.2) is 65.8 Å².